The van der Waals surface area contributed by atoms with Crippen molar-refractivity contribution in [3.8, 4) is 0 Å². The lowest BCUT2D eigenvalue weighted by Crippen LogP contribution is -2.52. The molecule has 1 N–H and O–H groups in total. The Bertz CT molecular complexity index is 1060. The third-order valence-corrected chi connectivity index (χ3v) is 5.66. The van der Waals surface area contributed by atoms with Gasteiger partial charge in [0.05, 0.1) is 6.42 Å². The van der Waals surface area contributed by atoms with Crippen molar-refractivity contribution in [3.05, 3.63) is 106 Å². The Kier molecular flexibility index (Phi) is 8.67. The molecular weight excluding hydrogens is 432 g/mol. The first-order valence-corrected chi connectivity index (χ1v) is 11.6. The van der Waals surface area contributed by atoms with Crippen molar-refractivity contribution < 1.29 is 9.59 Å². The van der Waals surface area contributed by atoms with E-state index in [2.05, 4.69) is 5.32 Å². The van der Waals surface area contributed by atoms with Gasteiger partial charge in [0, 0.05) is 24.0 Å². The van der Waals surface area contributed by atoms with Crippen LogP contribution in [0.4, 0.5) is 0 Å². The molecule has 0 saturated carbocycles. The van der Waals surface area contributed by atoms with Crippen LogP contribution in [0.3, 0.4) is 0 Å². The number of carbonyl (C=O) groups excluding carboxylic acids is 2. The molecule has 0 saturated heterocycles. The molecule has 0 unspecified atom stereocenters. The summed E-state index contributed by atoms with van der Waals surface area (Å²) in [5.41, 5.74) is 3.96. The first-order valence-electron chi connectivity index (χ1n) is 11.3. The van der Waals surface area contributed by atoms with Gasteiger partial charge in [-0.1, -0.05) is 83.9 Å². The highest BCUT2D eigenvalue weighted by Crippen LogP contribution is 2.18. The number of amides is 2. The minimum atomic E-state index is -0.636. The topological polar surface area (TPSA) is 49.4 Å². The van der Waals surface area contributed by atoms with Gasteiger partial charge in [-0.25, -0.2) is 0 Å². The van der Waals surface area contributed by atoms with E-state index in [0.717, 1.165) is 22.3 Å². The summed E-state index contributed by atoms with van der Waals surface area (Å²) in [5, 5.41) is 3.60. The molecule has 172 valence electrons. The van der Waals surface area contributed by atoms with Crippen molar-refractivity contribution >= 4 is 23.4 Å². The van der Waals surface area contributed by atoms with E-state index in [4.69, 9.17) is 11.6 Å². The maximum atomic E-state index is 13.6. The monoisotopic (exact) mass is 462 g/mol. The van der Waals surface area contributed by atoms with Gasteiger partial charge < -0.3 is 10.2 Å². The van der Waals surface area contributed by atoms with E-state index in [0.29, 0.717) is 18.0 Å². The van der Waals surface area contributed by atoms with Gasteiger partial charge in [-0.3, -0.25) is 9.59 Å². The first kappa shape index (κ1) is 24.5. The predicted octanol–water partition coefficient (Wildman–Crippen LogP) is 5.36. The smallest absolute Gasteiger partial charge is 0.243 e. The first-order chi connectivity index (χ1) is 15.8. The molecule has 0 aromatic heterocycles. The number of hydrogen-bond acceptors (Lipinski definition) is 2. The number of aryl methyl sites for hydroxylation is 1. The van der Waals surface area contributed by atoms with E-state index in [-0.39, 0.29) is 24.3 Å². The van der Waals surface area contributed by atoms with Gasteiger partial charge in [0.2, 0.25) is 11.8 Å². The molecule has 0 heterocycles. The number of hydrogen-bond donors (Lipinski definition) is 1. The van der Waals surface area contributed by atoms with Crippen LogP contribution in [-0.2, 0) is 29.0 Å². The summed E-state index contributed by atoms with van der Waals surface area (Å²) in [6, 6.07) is 24.5. The lowest BCUT2D eigenvalue weighted by Gasteiger charge is -2.32. The lowest BCUT2D eigenvalue weighted by molar-refractivity contribution is -0.141. The summed E-state index contributed by atoms with van der Waals surface area (Å²) >= 11 is 6.14. The van der Waals surface area contributed by atoms with E-state index in [1.54, 1.807) is 17.0 Å². The average Bonchev–Trinajstić information content (AvgIpc) is 2.77. The SMILES string of the molecule is Cc1ccc(CN(C(=O)Cc2cccc(Cl)c2)[C@@H](Cc2ccccc2)C(=O)NC(C)C)cc1. The number of halogens is 1. The average molecular weight is 463 g/mol. The Labute approximate surface area is 201 Å². The minimum absolute atomic E-state index is 0.0277. The van der Waals surface area contributed by atoms with Crippen molar-refractivity contribution in [3.63, 3.8) is 0 Å². The summed E-state index contributed by atoms with van der Waals surface area (Å²) in [7, 11) is 0. The maximum Gasteiger partial charge on any atom is 0.243 e. The Morgan fingerprint density at radius 3 is 2.18 bits per heavy atom. The van der Waals surface area contributed by atoms with Crippen LogP contribution in [0.25, 0.3) is 0 Å². The second-order valence-corrected chi connectivity index (χ2v) is 9.12. The van der Waals surface area contributed by atoms with E-state index >= 15 is 0 Å². The zero-order chi connectivity index (χ0) is 23.8. The minimum Gasteiger partial charge on any atom is -0.352 e. The quantitative estimate of drug-likeness (QED) is 0.465. The van der Waals surface area contributed by atoms with Gasteiger partial charge in [0.25, 0.3) is 0 Å². The number of carbonyl (C=O) groups is 2. The Balaban J connectivity index is 1.96. The summed E-state index contributed by atoms with van der Waals surface area (Å²) in [4.78, 5) is 28.7. The van der Waals surface area contributed by atoms with Crippen molar-refractivity contribution in [1.29, 1.82) is 0 Å². The highest BCUT2D eigenvalue weighted by molar-refractivity contribution is 6.30. The molecule has 0 bridgehead atoms. The number of nitrogens with zero attached hydrogens (tertiary/aromatic N) is 1. The van der Waals surface area contributed by atoms with Crippen LogP contribution in [0, 0.1) is 6.92 Å². The largest absolute Gasteiger partial charge is 0.352 e. The highest BCUT2D eigenvalue weighted by Gasteiger charge is 2.30. The fourth-order valence-electron chi connectivity index (χ4n) is 3.75. The molecule has 0 aliphatic rings. The molecule has 3 aromatic carbocycles. The lowest BCUT2D eigenvalue weighted by atomic mass is 10.0. The molecule has 4 nitrogen and oxygen atoms in total. The second-order valence-electron chi connectivity index (χ2n) is 8.68. The molecule has 0 spiro atoms. The van der Waals surface area contributed by atoms with E-state index in [1.807, 2.05) is 87.5 Å². The fraction of sp³-hybridized carbons (Fsp3) is 0.286. The third-order valence-electron chi connectivity index (χ3n) is 5.42. The van der Waals surface area contributed by atoms with Crippen LogP contribution in [0.5, 0.6) is 0 Å². The Morgan fingerprint density at radius 1 is 0.879 bits per heavy atom. The van der Waals surface area contributed by atoms with Crippen LogP contribution in [0.15, 0.2) is 78.9 Å². The molecule has 0 aliphatic carbocycles. The molecule has 0 aliphatic heterocycles. The standard InChI is InChI=1S/C28H31ClN2O2/c1-20(2)30-28(33)26(17-22-8-5-4-6-9-22)31(19-23-14-12-21(3)13-15-23)27(32)18-24-10-7-11-25(29)16-24/h4-16,20,26H,17-19H2,1-3H3,(H,30,33)/t26-/m0/s1. The zero-order valence-electron chi connectivity index (χ0n) is 19.4. The van der Waals surface area contributed by atoms with Crippen molar-refractivity contribution in [1.82, 2.24) is 10.2 Å². The summed E-state index contributed by atoms with van der Waals surface area (Å²) in [6.45, 7) is 6.23. The molecule has 2 amide bonds. The maximum absolute atomic E-state index is 13.6. The van der Waals surface area contributed by atoms with E-state index < -0.39 is 6.04 Å². The molecule has 3 aromatic rings. The van der Waals surface area contributed by atoms with Crippen LogP contribution in [0.1, 0.15) is 36.1 Å². The second kappa shape index (κ2) is 11.7. The molecule has 3 rings (SSSR count). The van der Waals surface area contributed by atoms with Crippen molar-refractivity contribution in [2.75, 3.05) is 0 Å². The van der Waals surface area contributed by atoms with E-state index in [1.165, 1.54) is 0 Å². The Hall–Kier alpha value is -3.11. The summed E-state index contributed by atoms with van der Waals surface area (Å²) < 4.78 is 0. The van der Waals surface area contributed by atoms with Crippen LogP contribution < -0.4 is 5.32 Å². The van der Waals surface area contributed by atoms with Gasteiger partial charge in [0.1, 0.15) is 6.04 Å². The van der Waals surface area contributed by atoms with Gasteiger partial charge >= 0.3 is 0 Å². The fourth-order valence-corrected chi connectivity index (χ4v) is 3.96. The molecule has 0 fully saturated rings. The van der Waals surface area contributed by atoms with Crippen LogP contribution in [0.2, 0.25) is 5.02 Å². The predicted molar refractivity (Wildman–Crippen MR) is 134 cm³/mol. The molecule has 5 heteroatoms. The molecule has 1 atom stereocenters. The van der Waals surface area contributed by atoms with E-state index in [9.17, 15) is 9.59 Å². The summed E-state index contributed by atoms with van der Waals surface area (Å²) in [5.74, 6) is -0.266. The number of rotatable bonds is 9. The third kappa shape index (κ3) is 7.47. The normalized spacial score (nSPS) is 11.8. The summed E-state index contributed by atoms with van der Waals surface area (Å²) in [6.07, 6.45) is 0.610. The number of benzene rings is 3. The van der Waals surface area contributed by atoms with Crippen molar-refractivity contribution in [2.45, 2.75) is 52.2 Å². The Morgan fingerprint density at radius 2 is 1.55 bits per heavy atom. The van der Waals surface area contributed by atoms with Gasteiger partial charge in [-0.15, -0.1) is 0 Å². The highest BCUT2D eigenvalue weighted by atomic mass is 35.5. The van der Waals surface area contributed by atoms with Gasteiger partial charge in [-0.05, 0) is 49.6 Å². The van der Waals surface area contributed by atoms with Crippen molar-refractivity contribution in [2.24, 2.45) is 0 Å². The zero-order valence-corrected chi connectivity index (χ0v) is 20.2. The number of nitrogens with one attached hydrogen (secondary N) is 1. The van der Waals surface area contributed by atoms with Crippen LogP contribution in [-0.4, -0.2) is 28.8 Å². The van der Waals surface area contributed by atoms with Crippen LogP contribution >= 0.6 is 11.6 Å². The van der Waals surface area contributed by atoms with Gasteiger partial charge in [-0.2, -0.15) is 0 Å². The van der Waals surface area contributed by atoms with Gasteiger partial charge in [0.15, 0.2) is 0 Å². The molecule has 0 radical (unpaired) electrons. The molecule has 33 heavy (non-hydrogen) atoms. The molecular formula is C28H31ClN2O2.